The summed E-state index contributed by atoms with van der Waals surface area (Å²) in [4.78, 5) is 46.0. The Bertz CT molecular complexity index is 818. The van der Waals surface area contributed by atoms with Crippen LogP contribution in [-0.2, 0) is 20.7 Å². The van der Waals surface area contributed by atoms with Gasteiger partial charge in [-0.05, 0) is 13.0 Å². The maximum absolute atomic E-state index is 12.1. The molecule has 0 aromatic heterocycles. The molecule has 1 fully saturated rings. The normalized spacial score (nSPS) is 14.5. The van der Waals surface area contributed by atoms with Crippen molar-refractivity contribution in [1.82, 2.24) is 10.3 Å². The standard InChI is InChI=1S/C16H19N5O7/c1-11(8-16(23)19-4-6-28-7-5-19)17-18-15(22)9-12-2-3-13(20(24)25)10-14(12)21(26)27/h2-3,10H,4-9H2,1H3,(H,18,22)/b17-11+. The van der Waals surface area contributed by atoms with E-state index in [1.165, 1.54) is 0 Å². The fraction of sp³-hybridized carbons (Fsp3) is 0.438. The summed E-state index contributed by atoms with van der Waals surface area (Å²) >= 11 is 0. The molecule has 12 nitrogen and oxygen atoms in total. The average Bonchev–Trinajstić information content (AvgIpc) is 2.67. The summed E-state index contributed by atoms with van der Waals surface area (Å²) < 4.78 is 5.17. The van der Waals surface area contributed by atoms with E-state index in [4.69, 9.17) is 4.74 Å². The molecule has 1 aromatic rings. The van der Waals surface area contributed by atoms with Crippen molar-refractivity contribution in [3.05, 3.63) is 44.0 Å². The van der Waals surface area contributed by atoms with Crippen molar-refractivity contribution in [1.29, 1.82) is 0 Å². The number of carbonyl (C=O) groups is 2. The Kier molecular flexibility index (Phi) is 7.09. The number of carbonyl (C=O) groups excluding carboxylic acids is 2. The molecule has 0 unspecified atom stereocenters. The van der Waals surface area contributed by atoms with E-state index in [1.54, 1.807) is 11.8 Å². The molecule has 0 atom stereocenters. The van der Waals surface area contributed by atoms with Gasteiger partial charge in [-0.2, -0.15) is 5.10 Å². The number of amides is 2. The SMILES string of the molecule is C/C(CC(=O)N1CCOCC1)=N\NC(=O)Cc1ccc([N+](=O)[O-])cc1[N+](=O)[O-]. The van der Waals surface area contributed by atoms with Crippen LogP contribution in [-0.4, -0.2) is 58.6 Å². The zero-order valence-electron chi connectivity index (χ0n) is 15.1. The molecule has 1 aliphatic heterocycles. The lowest BCUT2D eigenvalue weighted by molar-refractivity contribution is -0.394. The molecule has 1 N–H and O–H groups in total. The fourth-order valence-corrected chi connectivity index (χ4v) is 2.54. The van der Waals surface area contributed by atoms with Gasteiger partial charge >= 0.3 is 0 Å². The van der Waals surface area contributed by atoms with Crippen molar-refractivity contribution < 1.29 is 24.2 Å². The number of hydrogen-bond acceptors (Lipinski definition) is 8. The molecule has 0 spiro atoms. The molecule has 0 radical (unpaired) electrons. The number of morpholine rings is 1. The van der Waals surface area contributed by atoms with Gasteiger partial charge in [0.1, 0.15) is 0 Å². The molecule has 2 amide bonds. The minimum atomic E-state index is -0.787. The van der Waals surface area contributed by atoms with Crippen LogP contribution in [0, 0.1) is 20.2 Å². The van der Waals surface area contributed by atoms with Crippen LogP contribution in [0.1, 0.15) is 18.9 Å². The van der Waals surface area contributed by atoms with Crippen LogP contribution in [0.3, 0.4) is 0 Å². The second kappa shape index (κ2) is 9.50. The molecule has 1 aromatic carbocycles. The van der Waals surface area contributed by atoms with E-state index in [1.807, 2.05) is 0 Å². The molecule has 0 aliphatic carbocycles. The van der Waals surface area contributed by atoms with Gasteiger partial charge in [-0.15, -0.1) is 0 Å². The molecule has 1 saturated heterocycles. The molecule has 150 valence electrons. The van der Waals surface area contributed by atoms with Crippen molar-refractivity contribution in [2.24, 2.45) is 5.10 Å². The predicted octanol–water partition coefficient (Wildman–Crippen LogP) is 0.787. The zero-order chi connectivity index (χ0) is 20.7. The van der Waals surface area contributed by atoms with Crippen molar-refractivity contribution in [3.8, 4) is 0 Å². The summed E-state index contributed by atoms with van der Waals surface area (Å²) in [6.45, 7) is 3.54. The maximum atomic E-state index is 12.1. The number of nitro benzene ring substituents is 2. The van der Waals surface area contributed by atoms with Gasteiger partial charge in [-0.1, -0.05) is 0 Å². The smallest absolute Gasteiger partial charge is 0.279 e. The Morgan fingerprint density at radius 1 is 1.21 bits per heavy atom. The number of non-ortho nitro benzene ring substituents is 1. The Morgan fingerprint density at radius 2 is 1.89 bits per heavy atom. The summed E-state index contributed by atoms with van der Waals surface area (Å²) in [6, 6.07) is 3.05. The Labute approximate surface area is 159 Å². The third kappa shape index (κ3) is 5.81. The van der Waals surface area contributed by atoms with Crippen LogP contribution in [0.5, 0.6) is 0 Å². The predicted molar refractivity (Wildman–Crippen MR) is 96.7 cm³/mol. The van der Waals surface area contributed by atoms with E-state index < -0.39 is 27.1 Å². The number of hydrazone groups is 1. The highest BCUT2D eigenvalue weighted by Gasteiger charge is 2.21. The van der Waals surface area contributed by atoms with E-state index in [0.29, 0.717) is 32.0 Å². The Morgan fingerprint density at radius 3 is 2.50 bits per heavy atom. The monoisotopic (exact) mass is 393 g/mol. The number of rotatable bonds is 7. The molecule has 0 saturated carbocycles. The minimum Gasteiger partial charge on any atom is -0.378 e. The van der Waals surface area contributed by atoms with Crippen LogP contribution >= 0.6 is 0 Å². The number of ether oxygens (including phenoxy) is 1. The van der Waals surface area contributed by atoms with Gasteiger partial charge in [0.05, 0.1) is 42.0 Å². The first-order chi connectivity index (χ1) is 13.3. The topological polar surface area (TPSA) is 157 Å². The van der Waals surface area contributed by atoms with Crippen molar-refractivity contribution in [3.63, 3.8) is 0 Å². The first kappa shape index (κ1) is 20.9. The number of benzene rings is 1. The fourth-order valence-electron chi connectivity index (χ4n) is 2.54. The molecule has 1 aliphatic rings. The van der Waals surface area contributed by atoms with Gasteiger partial charge in [-0.3, -0.25) is 29.8 Å². The van der Waals surface area contributed by atoms with Crippen molar-refractivity contribution >= 4 is 28.9 Å². The van der Waals surface area contributed by atoms with Crippen LogP contribution in [0.2, 0.25) is 0 Å². The van der Waals surface area contributed by atoms with E-state index in [9.17, 15) is 29.8 Å². The minimum absolute atomic E-state index is 0.0188. The van der Waals surface area contributed by atoms with Gasteiger partial charge in [0.15, 0.2) is 0 Å². The largest absolute Gasteiger partial charge is 0.378 e. The molecule has 1 heterocycles. The highest BCUT2D eigenvalue weighted by Crippen LogP contribution is 2.25. The summed E-state index contributed by atoms with van der Waals surface area (Å²) in [5.74, 6) is -0.778. The second-order valence-electron chi connectivity index (χ2n) is 6.06. The second-order valence-corrected chi connectivity index (χ2v) is 6.06. The summed E-state index contributed by atoms with van der Waals surface area (Å²) in [6.07, 6.45) is -0.361. The van der Waals surface area contributed by atoms with Crippen LogP contribution < -0.4 is 5.43 Å². The Balaban J connectivity index is 1.95. The van der Waals surface area contributed by atoms with Crippen molar-refractivity contribution in [2.45, 2.75) is 19.8 Å². The lowest BCUT2D eigenvalue weighted by Crippen LogP contribution is -2.41. The third-order valence-corrected chi connectivity index (χ3v) is 3.97. The van der Waals surface area contributed by atoms with Gasteiger partial charge in [-0.25, -0.2) is 5.43 Å². The number of nitrogens with one attached hydrogen (secondary N) is 1. The summed E-state index contributed by atoms with van der Waals surface area (Å²) in [5.41, 5.74) is 1.68. The van der Waals surface area contributed by atoms with Gasteiger partial charge < -0.3 is 9.64 Å². The van der Waals surface area contributed by atoms with Gasteiger partial charge in [0, 0.05) is 30.4 Å². The molecule has 2 rings (SSSR count). The third-order valence-electron chi connectivity index (χ3n) is 3.97. The highest BCUT2D eigenvalue weighted by atomic mass is 16.6. The van der Waals surface area contributed by atoms with Crippen LogP contribution in [0.25, 0.3) is 0 Å². The summed E-state index contributed by atoms with van der Waals surface area (Å²) in [7, 11) is 0. The van der Waals surface area contributed by atoms with E-state index >= 15 is 0 Å². The lowest BCUT2D eigenvalue weighted by Gasteiger charge is -2.26. The van der Waals surface area contributed by atoms with Gasteiger partial charge in [0.2, 0.25) is 11.8 Å². The number of hydrogen-bond donors (Lipinski definition) is 1. The number of nitrogens with zero attached hydrogens (tertiary/aromatic N) is 4. The van der Waals surface area contributed by atoms with E-state index in [-0.39, 0.29) is 24.3 Å². The first-order valence-electron chi connectivity index (χ1n) is 8.37. The molecule has 0 bridgehead atoms. The quantitative estimate of drug-likeness (QED) is 0.407. The molecule has 12 heteroatoms. The molecular weight excluding hydrogens is 374 g/mol. The number of nitro groups is 2. The van der Waals surface area contributed by atoms with Crippen molar-refractivity contribution in [2.75, 3.05) is 26.3 Å². The van der Waals surface area contributed by atoms with E-state index in [2.05, 4.69) is 10.5 Å². The zero-order valence-corrected chi connectivity index (χ0v) is 15.1. The average molecular weight is 393 g/mol. The maximum Gasteiger partial charge on any atom is 0.279 e. The molecule has 28 heavy (non-hydrogen) atoms. The lowest BCUT2D eigenvalue weighted by atomic mass is 10.1. The first-order valence-corrected chi connectivity index (χ1v) is 8.37. The summed E-state index contributed by atoms with van der Waals surface area (Å²) in [5, 5.41) is 25.7. The van der Waals surface area contributed by atoms with Crippen LogP contribution in [0.4, 0.5) is 11.4 Å². The van der Waals surface area contributed by atoms with Gasteiger partial charge in [0.25, 0.3) is 11.4 Å². The van der Waals surface area contributed by atoms with Crippen LogP contribution in [0.15, 0.2) is 23.3 Å². The van der Waals surface area contributed by atoms with E-state index in [0.717, 1.165) is 18.2 Å². The Hall–Kier alpha value is -3.41. The molecular formula is C16H19N5O7. The highest BCUT2D eigenvalue weighted by molar-refractivity contribution is 6.00.